The van der Waals surface area contributed by atoms with Gasteiger partial charge in [0.25, 0.3) is 5.71 Å². The molecule has 2 aromatic carbocycles. The van der Waals surface area contributed by atoms with E-state index in [-0.39, 0.29) is 0 Å². The molecule has 0 aromatic heterocycles. The van der Waals surface area contributed by atoms with Crippen LogP contribution in [0.2, 0.25) is 0 Å². The molecule has 0 saturated carbocycles. The van der Waals surface area contributed by atoms with Gasteiger partial charge in [0, 0.05) is 19.2 Å². The van der Waals surface area contributed by atoms with E-state index in [0.717, 1.165) is 46.9 Å². The van der Waals surface area contributed by atoms with Crippen LogP contribution in [0.25, 0.3) is 0 Å². The first kappa shape index (κ1) is 13.1. The monoisotopic (exact) mass is 291 g/mol. The van der Waals surface area contributed by atoms with Gasteiger partial charge in [0.1, 0.15) is 5.69 Å². The molecule has 4 rings (SSSR count). The molecule has 0 amide bonds. The van der Waals surface area contributed by atoms with Gasteiger partial charge in [0.05, 0.1) is 5.56 Å². The maximum atomic E-state index is 13.0. The van der Waals surface area contributed by atoms with Crippen molar-refractivity contribution in [2.75, 3.05) is 18.0 Å². The summed E-state index contributed by atoms with van der Waals surface area (Å²) in [6.07, 6.45) is 1.01. The molecule has 110 valence electrons. The molecule has 0 aliphatic carbocycles. The zero-order chi connectivity index (χ0) is 15.1. The standard InChI is InChI=1S/C18H17N3O/c1-13-7-2-3-8-14(13)17-18-19-11-6-12-20(18)15-9-4-5-10-16(15)21(17)22/h2-5,7-10H,6,11-12H2,1H3. The summed E-state index contributed by atoms with van der Waals surface area (Å²) in [6, 6.07) is 15.7. The number of aliphatic imine (C=N–C) groups is 1. The van der Waals surface area contributed by atoms with Gasteiger partial charge in [0.2, 0.25) is 11.5 Å². The lowest BCUT2D eigenvalue weighted by molar-refractivity contribution is -0.358. The number of hydrogen-bond donors (Lipinski definition) is 0. The number of fused-ring (bicyclic) bond motifs is 3. The van der Waals surface area contributed by atoms with E-state index >= 15 is 0 Å². The van der Waals surface area contributed by atoms with Gasteiger partial charge in [-0.3, -0.25) is 4.99 Å². The van der Waals surface area contributed by atoms with Gasteiger partial charge < -0.3 is 10.1 Å². The lowest BCUT2D eigenvalue weighted by Crippen LogP contribution is -2.46. The van der Waals surface area contributed by atoms with E-state index in [2.05, 4.69) is 9.89 Å². The summed E-state index contributed by atoms with van der Waals surface area (Å²) in [5, 5.41) is 13.0. The van der Waals surface area contributed by atoms with E-state index < -0.39 is 0 Å². The highest BCUT2D eigenvalue weighted by molar-refractivity contribution is 6.51. The van der Waals surface area contributed by atoms with Gasteiger partial charge in [-0.15, -0.1) is 0 Å². The Hall–Kier alpha value is -2.62. The van der Waals surface area contributed by atoms with Crippen LogP contribution in [-0.2, 0) is 0 Å². The van der Waals surface area contributed by atoms with Gasteiger partial charge in [-0.05, 0) is 31.0 Å². The number of nitrogens with zero attached hydrogens (tertiary/aromatic N) is 3. The third kappa shape index (κ3) is 1.84. The van der Waals surface area contributed by atoms with Crippen molar-refractivity contribution >= 4 is 22.9 Å². The molecule has 0 fully saturated rings. The maximum absolute atomic E-state index is 13.0. The van der Waals surface area contributed by atoms with E-state index in [1.165, 1.54) is 0 Å². The van der Waals surface area contributed by atoms with E-state index in [9.17, 15) is 5.21 Å². The second-order valence-corrected chi connectivity index (χ2v) is 5.66. The molecule has 4 heteroatoms. The number of para-hydroxylation sites is 2. The Bertz CT molecular complexity index is 807. The third-order valence-corrected chi connectivity index (χ3v) is 4.26. The number of anilines is 1. The van der Waals surface area contributed by atoms with Crippen LogP contribution in [0.3, 0.4) is 0 Å². The summed E-state index contributed by atoms with van der Waals surface area (Å²) >= 11 is 0. The highest BCUT2D eigenvalue weighted by Crippen LogP contribution is 2.34. The molecule has 2 aliphatic heterocycles. The predicted octanol–water partition coefficient (Wildman–Crippen LogP) is 3.25. The summed E-state index contributed by atoms with van der Waals surface area (Å²) in [7, 11) is 0. The molecule has 0 N–H and O–H groups in total. The minimum absolute atomic E-state index is 0.663. The highest BCUT2D eigenvalue weighted by atomic mass is 16.5. The summed E-state index contributed by atoms with van der Waals surface area (Å²) < 4.78 is 1.04. The van der Waals surface area contributed by atoms with Crippen LogP contribution < -0.4 is 4.90 Å². The number of amidine groups is 1. The van der Waals surface area contributed by atoms with Crippen molar-refractivity contribution in [2.24, 2.45) is 4.99 Å². The zero-order valence-electron chi connectivity index (χ0n) is 12.5. The lowest BCUT2D eigenvalue weighted by atomic mass is 9.99. The van der Waals surface area contributed by atoms with Gasteiger partial charge in [0.15, 0.2) is 0 Å². The minimum atomic E-state index is 0.663. The minimum Gasteiger partial charge on any atom is -0.618 e. The number of rotatable bonds is 1. The van der Waals surface area contributed by atoms with Crippen LogP contribution in [0, 0.1) is 12.1 Å². The normalized spacial score (nSPS) is 17.0. The Kier molecular flexibility index (Phi) is 2.96. The first-order valence-corrected chi connectivity index (χ1v) is 7.59. The molecular formula is C18H17N3O. The Balaban J connectivity index is 2.03. The molecule has 0 radical (unpaired) electrons. The van der Waals surface area contributed by atoms with Crippen LogP contribution in [0.15, 0.2) is 53.5 Å². The fraction of sp³-hybridized carbons (Fsp3) is 0.222. The average Bonchev–Trinajstić information content (AvgIpc) is 2.57. The number of hydrogen-bond acceptors (Lipinski definition) is 3. The predicted molar refractivity (Wildman–Crippen MR) is 89.3 cm³/mol. The van der Waals surface area contributed by atoms with E-state index in [0.29, 0.717) is 11.4 Å². The van der Waals surface area contributed by atoms with Gasteiger partial charge >= 0.3 is 0 Å². The molecule has 0 atom stereocenters. The van der Waals surface area contributed by atoms with Crippen molar-refractivity contribution in [1.29, 1.82) is 0 Å². The third-order valence-electron chi connectivity index (χ3n) is 4.26. The van der Waals surface area contributed by atoms with Gasteiger partial charge in [-0.1, -0.05) is 30.3 Å². The fourth-order valence-electron chi connectivity index (χ4n) is 3.19. The topological polar surface area (TPSA) is 41.7 Å². The molecule has 0 unspecified atom stereocenters. The summed E-state index contributed by atoms with van der Waals surface area (Å²) in [4.78, 5) is 6.84. The molecule has 4 nitrogen and oxygen atoms in total. The molecular weight excluding hydrogens is 274 g/mol. The molecule has 0 spiro atoms. The van der Waals surface area contributed by atoms with Crippen molar-refractivity contribution in [1.82, 2.24) is 0 Å². The molecule has 2 heterocycles. The van der Waals surface area contributed by atoms with Crippen LogP contribution >= 0.6 is 0 Å². The number of aryl methyl sites for hydroxylation is 1. The SMILES string of the molecule is Cc1ccccc1C1=[N+]([O-])c2ccccc2N2CCCN=C12. The van der Waals surface area contributed by atoms with Crippen LogP contribution in [0.4, 0.5) is 11.4 Å². The van der Waals surface area contributed by atoms with Crippen LogP contribution in [0.1, 0.15) is 17.5 Å². The molecule has 2 aromatic rings. The largest absolute Gasteiger partial charge is 0.618 e. The summed E-state index contributed by atoms with van der Waals surface area (Å²) in [5.74, 6) is 0.800. The summed E-state index contributed by atoms with van der Waals surface area (Å²) in [6.45, 7) is 3.71. The Morgan fingerprint density at radius 1 is 1.09 bits per heavy atom. The number of benzene rings is 2. The van der Waals surface area contributed by atoms with Crippen LogP contribution in [-0.4, -0.2) is 29.4 Å². The van der Waals surface area contributed by atoms with E-state index in [4.69, 9.17) is 0 Å². The summed E-state index contributed by atoms with van der Waals surface area (Å²) in [5.41, 5.74) is 4.36. The quantitative estimate of drug-likeness (QED) is 0.598. The molecule has 0 saturated heterocycles. The fourth-order valence-corrected chi connectivity index (χ4v) is 3.19. The van der Waals surface area contributed by atoms with E-state index in [1.54, 1.807) is 0 Å². The molecule has 22 heavy (non-hydrogen) atoms. The highest BCUT2D eigenvalue weighted by Gasteiger charge is 2.37. The maximum Gasteiger partial charge on any atom is 0.267 e. The van der Waals surface area contributed by atoms with Gasteiger partial charge in [-0.25, -0.2) is 0 Å². The first-order chi connectivity index (χ1) is 10.8. The Morgan fingerprint density at radius 2 is 1.86 bits per heavy atom. The van der Waals surface area contributed by atoms with Crippen molar-refractivity contribution in [3.8, 4) is 0 Å². The van der Waals surface area contributed by atoms with Crippen molar-refractivity contribution < 1.29 is 4.74 Å². The second kappa shape index (κ2) is 4.98. The van der Waals surface area contributed by atoms with E-state index in [1.807, 2.05) is 55.5 Å². The van der Waals surface area contributed by atoms with Gasteiger partial charge in [-0.2, -0.15) is 4.74 Å². The van der Waals surface area contributed by atoms with Crippen molar-refractivity contribution in [2.45, 2.75) is 13.3 Å². The van der Waals surface area contributed by atoms with Crippen molar-refractivity contribution in [3.05, 3.63) is 64.9 Å². The first-order valence-electron chi connectivity index (χ1n) is 7.59. The molecule has 0 bridgehead atoms. The molecule has 2 aliphatic rings. The van der Waals surface area contributed by atoms with Crippen LogP contribution in [0.5, 0.6) is 0 Å². The Labute approximate surface area is 129 Å². The second-order valence-electron chi connectivity index (χ2n) is 5.66. The lowest BCUT2D eigenvalue weighted by Gasteiger charge is -2.33. The Morgan fingerprint density at radius 3 is 2.73 bits per heavy atom. The van der Waals surface area contributed by atoms with Crippen molar-refractivity contribution in [3.63, 3.8) is 0 Å². The smallest absolute Gasteiger partial charge is 0.267 e. The zero-order valence-corrected chi connectivity index (χ0v) is 12.5. The average molecular weight is 291 g/mol.